The maximum absolute atomic E-state index is 13.8. The molecule has 2 fully saturated rings. The van der Waals surface area contributed by atoms with Gasteiger partial charge >= 0.3 is 6.09 Å². The molecule has 6 rings (SSSR count). The van der Waals surface area contributed by atoms with Gasteiger partial charge in [-0.1, -0.05) is 37.3 Å². The number of carbonyl (C=O) groups excluding carboxylic acids is 2. The molecule has 278 valence electrons. The summed E-state index contributed by atoms with van der Waals surface area (Å²) < 4.78 is 29.0. The molecule has 2 heterocycles. The van der Waals surface area contributed by atoms with E-state index in [0.29, 0.717) is 71.1 Å². The van der Waals surface area contributed by atoms with E-state index in [-0.39, 0.29) is 11.6 Å². The Morgan fingerprint density at radius 1 is 1.06 bits per heavy atom. The zero-order valence-corrected chi connectivity index (χ0v) is 30.9. The number of carbonyl (C=O) groups is 2. The lowest BCUT2D eigenvalue weighted by Crippen LogP contribution is -2.44. The van der Waals surface area contributed by atoms with Gasteiger partial charge in [0.2, 0.25) is 17.3 Å². The molecular formula is C39H46ClN3O9. The largest absolute Gasteiger partial charge is 0.493 e. The van der Waals surface area contributed by atoms with E-state index in [2.05, 4.69) is 29.1 Å². The number of hydrogen-bond acceptors (Lipinski definition) is 9. The number of H-pyrrole nitrogens is 1. The van der Waals surface area contributed by atoms with Crippen LogP contribution >= 0.6 is 11.6 Å². The average Bonchev–Trinajstić information content (AvgIpc) is 3.72. The van der Waals surface area contributed by atoms with E-state index in [9.17, 15) is 9.59 Å². The number of methoxy groups -OCH3 is 3. The number of anilines is 2. The summed E-state index contributed by atoms with van der Waals surface area (Å²) in [6.45, 7) is 7.83. The minimum atomic E-state index is -1.01. The van der Waals surface area contributed by atoms with E-state index < -0.39 is 29.7 Å². The lowest BCUT2D eigenvalue weighted by atomic mass is 9.89. The van der Waals surface area contributed by atoms with Gasteiger partial charge in [-0.25, -0.2) is 4.79 Å². The summed E-state index contributed by atoms with van der Waals surface area (Å²) in [4.78, 5) is 42.2. The summed E-state index contributed by atoms with van der Waals surface area (Å²) in [6, 6.07) is 12.8. The standard InChI is InChI=1S/C39H46ClN3O9/c1-7-12-24(8-2)38(3)50-39(52-51-38)17-11-13-25(22-39)49-37(45)43-30-21-29(28(16-18-40)26-14-9-10-15-27(26)30)42-36(44)31-19-23-20-32(46-4)34(47-5)35(48-6)33(23)41-31/h7,9-10,14-15,19-21,24-25,41H,1,8,11-13,16-18,22H2,2-6H3,(H,42,44)(H,43,45)/t24?,25?,38-,39-/m1/s1. The fraction of sp³-hybridized carbons (Fsp3) is 0.436. The Morgan fingerprint density at radius 3 is 2.52 bits per heavy atom. The number of hydrogen-bond donors (Lipinski definition) is 3. The summed E-state index contributed by atoms with van der Waals surface area (Å²) in [5, 5.41) is 8.27. The molecule has 1 spiro atoms. The van der Waals surface area contributed by atoms with Crippen molar-refractivity contribution in [3.63, 3.8) is 0 Å². The van der Waals surface area contributed by atoms with Gasteiger partial charge in [-0.15, -0.1) is 18.2 Å². The highest BCUT2D eigenvalue weighted by atomic mass is 35.5. The highest BCUT2D eigenvalue weighted by Crippen LogP contribution is 2.48. The van der Waals surface area contributed by atoms with Crippen LogP contribution in [-0.4, -0.2) is 61.9 Å². The maximum atomic E-state index is 13.8. The van der Waals surface area contributed by atoms with Crippen molar-refractivity contribution < 1.29 is 43.0 Å². The second-order valence-corrected chi connectivity index (χ2v) is 13.6. The Balaban J connectivity index is 1.24. The Morgan fingerprint density at radius 2 is 1.83 bits per heavy atom. The predicted molar refractivity (Wildman–Crippen MR) is 200 cm³/mol. The number of rotatable bonds is 13. The molecule has 0 radical (unpaired) electrons. The minimum Gasteiger partial charge on any atom is -0.493 e. The fourth-order valence-electron chi connectivity index (χ4n) is 7.45. The van der Waals surface area contributed by atoms with Crippen molar-refractivity contribution in [2.45, 2.75) is 76.5 Å². The van der Waals surface area contributed by atoms with Crippen molar-refractivity contribution in [3.05, 3.63) is 66.4 Å². The molecule has 3 aromatic carbocycles. The SMILES string of the molecule is C=CCC(CC)[C@@]1(C)OO[C@@]2(CCCC(OC(=O)Nc3cc(NC(=O)c4cc5cc(OC)c(OC)c(OC)c5[nH]4)c(CCCl)c4ccccc34)C2)O1. The third kappa shape index (κ3) is 7.25. The lowest BCUT2D eigenvalue weighted by molar-refractivity contribution is -0.361. The van der Waals surface area contributed by atoms with E-state index in [1.165, 1.54) is 21.3 Å². The number of aryl methyl sites for hydroxylation is 1. The zero-order chi connectivity index (χ0) is 37.0. The van der Waals surface area contributed by atoms with Gasteiger partial charge < -0.3 is 34.0 Å². The monoisotopic (exact) mass is 735 g/mol. The van der Waals surface area contributed by atoms with Gasteiger partial charge in [-0.2, -0.15) is 9.78 Å². The van der Waals surface area contributed by atoms with Gasteiger partial charge in [0.25, 0.3) is 5.91 Å². The first-order valence-electron chi connectivity index (χ1n) is 17.5. The summed E-state index contributed by atoms with van der Waals surface area (Å²) >= 11 is 6.27. The van der Waals surface area contributed by atoms with E-state index in [1.54, 1.807) is 18.2 Å². The van der Waals surface area contributed by atoms with Crippen molar-refractivity contribution in [2.75, 3.05) is 37.8 Å². The molecule has 0 bridgehead atoms. The molecule has 1 aliphatic heterocycles. The van der Waals surface area contributed by atoms with Crippen LogP contribution in [0.4, 0.5) is 16.2 Å². The van der Waals surface area contributed by atoms with Crippen LogP contribution in [0.5, 0.6) is 17.2 Å². The predicted octanol–water partition coefficient (Wildman–Crippen LogP) is 8.86. The van der Waals surface area contributed by atoms with Crippen molar-refractivity contribution in [1.29, 1.82) is 0 Å². The minimum absolute atomic E-state index is 0.0598. The molecule has 4 aromatic rings. The number of amides is 2. The maximum Gasteiger partial charge on any atom is 0.411 e. The quantitative estimate of drug-likeness (QED) is 0.0698. The molecule has 1 aliphatic carbocycles. The first-order valence-corrected chi connectivity index (χ1v) is 18.0. The molecular weight excluding hydrogens is 690 g/mol. The van der Waals surface area contributed by atoms with Crippen LogP contribution in [0.2, 0.25) is 0 Å². The van der Waals surface area contributed by atoms with Gasteiger partial charge in [0.1, 0.15) is 11.8 Å². The summed E-state index contributed by atoms with van der Waals surface area (Å²) in [5.41, 5.74) is 2.63. The number of benzene rings is 3. The molecule has 3 N–H and O–H groups in total. The zero-order valence-electron chi connectivity index (χ0n) is 30.2. The molecule has 52 heavy (non-hydrogen) atoms. The van der Waals surface area contributed by atoms with Crippen LogP contribution in [0.25, 0.3) is 21.7 Å². The lowest BCUT2D eigenvalue weighted by Gasteiger charge is -2.36. The van der Waals surface area contributed by atoms with Gasteiger partial charge in [-0.3, -0.25) is 10.1 Å². The third-order valence-corrected chi connectivity index (χ3v) is 10.2. The van der Waals surface area contributed by atoms with Crippen LogP contribution in [0.3, 0.4) is 0 Å². The molecule has 13 heteroatoms. The molecule has 1 saturated carbocycles. The smallest absolute Gasteiger partial charge is 0.411 e. The highest BCUT2D eigenvalue weighted by Gasteiger charge is 2.55. The second-order valence-electron chi connectivity index (χ2n) is 13.3. The van der Waals surface area contributed by atoms with E-state index in [4.69, 9.17) is 45.1 Å². The van der Waals surface area contributed by atoms with Crippen LogP contribution in [-0.2, 0) is 25.7 Å². The Bertz CT molecular complexity index is 1960. The van der Waals surface area contributed by atoms with Crippen molar-refractivity contribution in [1.82, 2.24) is 4.98 Å². The molecule has 2 amide bonds. The van der Waals surface area contributed by atoms with Gasteiger partial charge in [0.15, 0.2) is 11.5 Å². The third-order valence-electron chi connectivity index (χ3n) is 9.98. The summed E-state index contributed by atoms with van der Waals surface area (Å²) in [6.07, 6.45) is 5.06. The summed E-state index contributed by atoms with van der Waals surface area (Å²) in [7, 11) is 4.57. The Hall–Kier alpha value is -4.49. The number of allylic oxidation sites excluding steroid dienone is 1. The van der Waals surface area contributed by atoms with Gasteiger partial charge in [0.05, 0.1) is 32.5 Å². The number of aromatic amines is 1. The number of aromatic nitrogens is 1. The van der Waals surface area contributed by atoms with Gasteiger partial charge in [0, 0.05) is 41.1 Å². The van der Waals surface area contributed by atoms with Crippen LogP contribution in [0.15, 0.2) is 55.1 Å². The number of fused-ring (bicyclic) bond motifs is 2. The number of ether oxygens (including phenoxy) is 5. The molecule has 2 aliphatic rings. The van der Waals surface area contributed by atoms with E-state index in [0.717, 1.165) is 35.6 Å². The van der Waals surface area contributed by atoms with E-state index in [1.807, 2.05) is 37.3 Å². The van der Waals surface area contributed by atoms with Crippen LogP contribution in [0, 0.1) is 5.92 Å². The first-order chi connectivity index (χ1) is 25.1. The van der Waals surface area contributed by atoms with Crippen LogP contribution in [0.1, 0.15) is 68.4 Å². The van der Waals surface area contributed by atoms with Gasteiger partial charge in [-0.05, 0) is 68.2 Å². The first kappa shape index (κ1) is 37.3. The molecule has 2 unspecified atom stereocenters. The van der Waals surface area contributed by atoms with Crippen molar-refractivity contribution in [2.24, 2.45) is 5.92 Å². The number of halogens is 1. The molecule has 12 nitrogen and oxygen atoms in total. The summed E-state index contributed by atoms with van der Waals surface area (Å²) in [5.74, 6) is -0.709. The Labute approximate surface area is 307 Å². The molecule has 4 atom stereocenters. The highest BCUT2D eigenvalue weighted by molar-refractivity contribution is 6.18. The molecule has 1 saturated heterocycles. The number of nitrogens with one attached hydrogen (secondary N) is 3. The molecule has 1 aromatic heterocycles. The second kappa shape index (κ2) is 15.6. The van der Waals surface area contributed by atoms with E-state index >= 15 is 0 Å². The Kier molecular flexibility index (Phi) is 11.2. The fourth-order valence-corrected chi connectivity index (χ4v) is 7.64. The van der Waals surface area contributed by atoms with Crippen molar-refractivity contribution in [3.8, 4) is 17.2 Å². The topological polar surface area (TPSA) is 139 Å². The average molecular weight is 736 g/mol. The number of alkyl halides is 1. The normalized spacial score (nSPS) is 21.9. The van der Waals surface area contributed by atoms with Crippen LogP contribution < -0.4 is 24.8 Å². The van der Waals surface area contributed by atoms with Crippen molar-refractivity contribution >= 4 is 56.7 Å².